The summed E-state index contributed by atoms with van der Waals surface area (Å²) < 4.78 is 45.0. The zero-order valence-corrected chi connectivity index (χ0v) is 21.1. The summed E-state index contributed by atoms with van der Waals surface area (Å²) in [6, 6.07) is 9.91. The Hall–Kier alpha value is -3.99. The van der Waals surface area contributed by atoms with Gasteiger partial charge in [-0.2, -0.15) is 13.2 Å². The summed E-state index contributed by atoms with van der Waals surface area (Å²) >= 11 is 0. The van der Waals surface area contributed by atoms with Crippen LogP contribution in [0.3, 0.4) is 0 Å². The van der Waals surface area contributed by atoms with Crippen molar-refractivity contribution in [1.29, 1.82) is 0 Å². The predicted molar refractivity (Wildman–Crippen MR) is 138 cm³/mol. The van der Waals surface area contributed by atoms with Crippen molar-refractivity contribution in [3.63, 3.8) is 0 Å². The Labute approximate surface area is 222 Å². The highest BCUT2D eigenvalue weighted by Crippen LogP contribution is 2.67. The molecule has 0 saturated heterocycles. The van der Waals surface area contributed by atoms with Gasteiger partial charge in [0.05, 0.1) is 36.2 Å². The molecule has 5 aromatic rings. The molecule has 3 atom stereocenters. The lowest BCUT2D eigenvalue weighted by Crippen LogP contribution is -2.63. The van der Waals surface area contributed by atoms with Crippen LogP contribution in [0.1, 0.15) is 30.5 Å². The quantitative estimate of drug-likeness (QED) is 0.308. The van der Waals surface area contributed by atoms with Crippen molar-refractivity contribution in [2.75, 3.05) is 6.54 Å². The molecule has 11 heteroatoms. The number of halogens is 3. The second kappa shape index (κ2) is 9.04. The van der Waals surface area contributed by atoms with E-state index in [4.69, 9.17) is 4.98 Å². The van der Waals surface area contributed by atoms with Gasteiger partial charge in [-0.25, -0.2) is 9.67 Å². The largest absolute Gasteiger partial charge is 0.392 e. The van der Waals surface area contributed by atoms with Gasteiger partial charge in [0.25, 0.3) is 0 Å². The van der Waals surface area contributed by atoms with E-state index in [1.165, 1.54) is 0 Å². The molecule has 200 valence electrons. The van der Waals surface area contributed by atoms with Crippen LogP contribution in [0.2, 0.25) is 0 Å². The Morgan fingerprint density at radius 3 is 2.72 bits per heavy atom. The molecule has 39 heavy (non-hydrogen) atoms. The molecular formula is C28H27F3N8. The molecule has 8 nitrogen and oxygen atoms in total. The van der Waals surface area contributed by atoms with E-state index >= 15 is 0 Å². The predicted octanol–water partition coefficient (Wildman–Crippen LogP) is 4.90. The fourth-order valence-electron chi connectivity index (χ4n) is 6.27. The standard InChI is InChI=1S/C28H27F3N8/c29-28(30,31)24-10-27(6-5-23(24)27)18-33-11-19-3-4-26-34-21(15-38(26)14-19)16-39-17-25(35-36-39)20-9-22(13-32-12-20)37-7-1-2-8-37/h1-4,7-9,12-15,17,23-24,33H,5-6,10-11,16,18H2. The summed E-state index contributed by atoms with van der Waals surface area (Å²) in [6.45, 7) is 1.71. The molecule has 2 aliphatic rings. The van der Waals surface area contributed by atoms with Gasteiger partial charge in [-0.05, 0) is 60.4 Å². The third kappa shape index (κ3) is 4.40. The first-order valence-electron chi connectivity index (χ1n) is 13.1. The van der Waals surface area contributed by atoms with E-state index < -0.39 is 12.1 Å². The number of aromatic nitrogens is 7. The minimum atomic E-state index is -4.06. The molecule has 3 unspecified atom stereocenters. The van der Waals surface area contributed by atoms with Crippen molar-refractivity contribution in [3.05, 3.63) is 85.0 Å². The molecule has 2 aliphatic carbocycles. The summed E-state index contributed by atoms with van der Waals surface area (Å²) in [7, 11) is 0. The zero-order chi connectivity index (χ0) is 26.6. The summed E-state index contributed by atoms with van der Waals surface area (Å²) in [5.74, 6) is -1.32. The summed E-state index contributed by atoms with van der Waals surface area (Å²) in [4.78, 5) is 9.05. The minimum absolute atomic E-state index is 0.164. The lowest BCUT2D eigenvalue weighted by molar-refractivity contribution is -0.280. The van der Waals surface area contributed by atoms with Crippen molar-refractivity contribution in [2.24, 2.45) is 17.3 Å². The van der Waals surface area contributed by atoms with Gasteiger partial charge < -0.3 is 14.3 Å². The molecule has 0 bridgehead atoms. The van der Waals surface area contributed by atoms with Crippen LogP contribution in [0.4, 0.5) is 13.2 Å². The lowest BCUT2D eigenvalue weighted by atomic mass is 9.42. The van der Waals surface area contributed by atoms with E-state index in [0.29, 0.717) is 26.1 Å². The van der Waals surface area contributed by atoms with Gasteiger partial charge in [-0.1, -0.05) is 11.3 Å². The number of hydrogen-bond donors (Lipinski definition) is 1. The number of hydrogen-bond acceptors (Lipinski definition) is 5. The molecule has 1 N–H and O–H groups in total. The molecule has 0 aromatic carbocycles. The van der Waals surface area contributed by atoms with Gasteiger partial charge in [0, 0.05) is 49.6 Å². The average Bonchev–Trinajstić information content (AvgIpc) is 3.67. The molecule has 0 spiro atoms. The second-order valence-electron chi connectivity index (χ2n) is 10.8. The Morgan fingerprint density at radius 1 is 1.08 bits per heavy atom. The molecule has 2 fully saturated rings. The number of nitrogens with zero attached hydrogens (tertiary/aromatic N) is 7. The first-order chi connectivity index (χ1) is 18.9. The summed E-state index contributed by atoms with van der Waals surface area (Å²) in [5.41, 5.74) is 5.12. The Morgan fingerprint density at radius 2 is 1.95 bits per heavy atom. The molecule has 0 radical (unpaired) electrons. The molecule has 0 aliphatic heterocycles. The van der Waals surface area contributed by atoms with Crippen molar-refractivity contribution < 1.29 is 13.2 Å². The Kier molecular flexibility index (Phi) is 5.58. The number of nitrogens with one attached hydrogen (secondary N) is 1. The van der Waals surface area contributed by atoms with E-state index in [9.17, 15) is 13.2 Å². The van der Waals surface area contributed by atoms with Crippen LogP contribution in [-0.4, -0.2) is 46.7 Å². The molecule has 7 rings (SSSR count). The molecule has 2 saturated carbocycles. The van der Waals surface area contributed by atoms with Gasteiger partial charge in [0.2, 0.25) is 0 Å². The molecule has 5 heterocycles. The van der Waals surface area contributed by atoms with E-state index in [-0.39, 0.29) is 17.8 Å². The van der Waals surface area contributed by atoms with E-state index in [1.807, 2.05) is 70.3 Å². The molecular weight excluding hydrogens is 505 g/mol. The number of rotatable bonds is 8. The van der Waals surface area contributed by atoms with Crippen molar-refractivity contribution >= 4 is 5.65 Å². The maximum Gasteiger partial charge on any atom is 0.392 e. The van der Waals surface area contributed by atoms with Gasteiger partial charge in [-0.3, -0.25) is 4.98 Å². The normalized spacial score (nSPS) is 22.4. The summed E-state index contributed by atoms with van der Waals surface area (Å²) in [6.07, 6.45) is 11.1. The smallest absolute Gasteiger partial charge is 0.322 e. The van der Waals surface area contributed by atoms with Gasteiger partial charge in [-0.15, -0.1) is 5.10 Å². The van der Waals surface area contributed by atoms with Gasteiger partial charge in [0.15, 0.2) is 0 Å². The average molecular weight is 533 g/mol. The fraction of sp³-hybridized carbons (Fsp3) is 0.357. The van der Waals surface area contributed by atoms with E-state index in [2.05, 4.69) is 20.6 Å². The minimum Gasteiger partial charge on any atom is -0.322 e. The van der Waals surface area contributed by atoms with Crippen LogP contribution >= 0.6 is 0 Å². The number of imidazole rings is 1. The van der Waals surface area contributed by atoms with Crippen LogP contribution < -0.4 is 5.32 Å². The zero-order valence-electron chi connectivity index (χ0n) is 21.1. The number of pyridine rings is 2. The number of alkyl halides is 3. The van der Waals surface area contributed by atoms with Gasteiger partial charge >= 0.3 is 6.18 Å². The van der Waals surface area contributed by atoms with Crippen molar-refractivity contribution in [2.45, 2.75) is 38.5 Å². The van der Waals surface area contributed by atoms with E-state index in [1.54, 1.807) is 17.1 Å². The van der Waals surface area contributed by atoms with E-state index in [0.717, 1.165) is 40.3 Å². The first-order valence-corrected chi connectivity index (χ1v) is 13.1. The van der Waals surface area contributed by atoms with Crippen LogP contribution in [0.15, 0.2) is 73.7 Å². The fourth-order valence-corrected chi connectivity index (χ4v) is 6.27. The Bertz CT molecular complexity index is 1620. The highest BCUT2D eigenvalue weighted by atomic mass is 19.4. The monoisotopic (exact) mass is 532 g/mol. The van der Waals surface area contributed by atoms with Crippen LogP contribution in [0.25, 0.3) is 22.6 Å². The van der Waals surface area contributed by atoms with Gasteiger partial charge in [0.1, 0.15) is 11.3 Å². The highest BCUT2D eigenvalue weighted by molar-refractivity contribution is 5.59. The maximum atomic E-state index is 13.1. The highest BCUT2D eigenvalue weighted by Gasteiger charge is 2.66. The van der Waals surface area contributed by atoms with Crippen LogP contribution in [0, 0.1) is 17.3 Å². The SMILES string of the molecule is FC(F)(F)C1CC2(CNCc3ccc4nc(Cn5cc(-c6cncc(-n7cccc7)c6)nn5)cn4c3)CCC12. The molecule has 0 amide bonds. The van der Waals surface area contributed by atoms with Crippen LogP contribution in [-0.2, 0) is 13.1 Å². The van der Waals surface area contributed by atoms with Crippen LogP contribution in [0.5, 0.6) is 0 Å². The van der Waals surface area contributed by atoms with Crippen molar-refractivity contribution in [1.82, 2.24) is 39.2 Å². The lowest BCUT2D eigenvalue weighted by Gasteiger charge is -2.63. The first kappa shape index (κ1) is 24.1. The Balaban J connectivity index is 0.988. The number of fused-ring (bicyclic) bond motifs is 2. The maximum absolute atomic E-state index is 13.1. The molecule has 5 aromatic heterocycles. The van der Waals surface area contributed by atoms with Crippen molar-refractivity contribution in [3.8, 4) is 16.9 Å². The topological polar surface area (TPSA) is 77.9 Å². The third-order valence-electron chi connectivity index (χ3n) is 8.43. The second-order valence-corrected chi connectivity index (χ2v) is 10.8. The summed E-state index contributed by atoms with van der Waals surface area (Å²) in [5, 5.41) is 12.0. The third-order valence-corrected chi connectivity index (χ3v) is 8.43.